The van der Waals surface area contributed by atoms with Crippen molar-refractivity contribution < 1.29 is 67.3 Å². The van der Waals surface area contributed by atoms with Crippen LogP contribution in [0.5, 0.6) is 5.75 Å². The third-order valence-corrected chi connectivity index (χ3v) is 11.6. The zero-order chi connectivity index (χ0) is 62.5. The molecule has 0 spiro atoms. The summed E-state index contributed by atoms with van der Waals surface area (Å²) < 4.78 is 14.8. The number of benzene rings is 1. The molecule has 3 rings (SSSR count). The molecule has 7 amide bonds. The van der Waals surface area contributed by atoms with Crippen molar-refractivity contribution in [3.63, 3.8) is 0 Å². The number of aliphatic hydroxyl groups is 1. The third kappa shape index (κ3) is 41.3. The molecule has 2 aliphatic rings. The van der Waals surface area contributed by atoms with E-state index < -0.39 is 91.1 Å². The van der Waals surface area contributed by atoms with E-state index in [1.54, 1.807) is 23.8 Å². The molecule has 2 fully saturated rings. The van der Waals surface area contributed by atoms with Crippen LogP contribution in [-0.4, -0.2) is 188 Å². The highest BCUT2D eigenvalue weighted by Crippen LogP contribution is 2.21. The van der Waals surface area contributed by atoms with Crippen LogP contribution in [0.15, 0.2) is 24.3 Å². The number of thioether (sulfide) groups is 1. The number of ether oxygens (including phenoxy) is 3. The summed E-state index contributed by atoms with van der Waals surface area (Å²) in [5.74, 6) is -3.46. The second kappa shape index (κ2) is 49.1. The second-order valence-electron chi connectivity index (χ2n) is 20.3. The Labute approximate surface area is 484 Å². The van der Waals surface area contributed by atoms with Gasteiger partial charge in [-0.25, -0.2) is 0 Å². The molecular formula is C58H105N7O14S. The van der Waals surface area contributed by atoms with Gasteiger partial charge in [-0.15, -0.1) is 0 Å². The number of nitrogens with one attached hydrogen (secondary N) is 2. The first-order chi connectivity index (χ1) is 37.6. The quantitative estimate of drug-likeness (QED) is 0.0527. The Bertz CT molecular complexity index is 1900. The highest BCUT2D eigenvalue weighted by molar-refractivity contribution is 7.99. The molecule has 2 heterocycles. The molecule has 1 aromatic rings. The summed E-state index contributed by atoms with van der Waals surface area (Å²) in [5.41, 5.74) is 6.47. The van der Waals surface area contributed by atoms with Crippen molar-refractivity contribution >= 4 is 71.3 Å². The van der Waals surface area contributed by atoms with Crippen LogP contribution in [0.3, 0.4) is 0 Å². The minimum absolute atomic E-state index is 0.108. The van der Waals surface area contributed by atoms with Gasteiger partial charge in [-0.05, 0) is 83.1 Å². The van der Waals surface area contributed by atoms with Crippen LogP contribution in [-0.2, 0) is 57.4 Å². The number of likely N-dealkylation sites (N-methyl/N-ethyl adjacent to an activating group) is 2. The van der Waals surface area contributed by atoms with Gasteiger partial charge in [-0.1, -0.05) is 113 Å². The van der Waals surface area contributed by atoms with Crippen molar-refractivity contribution in [3.05, 3.63) is 29.8 Å². The van der Waals surface area contributed by atoms with E-state index in [1.807, 2.05) is 44.4 Å². The number of primary amides is 1. The van der Waals surface area contributed by atoms with Crippen molar-refractivity contribution in [2.45, 2.75) is 178 Å². The van der Waals surface area contributed by atoms with Gasteiger partial charge in [0.2, 0.25) is 35.9 Å². The van der Waals surface area contributed by atoms with Crippen molar-refractivity contribution in [1.29, 1.82) is 0 Å². The van der Waals surface area contributed by atoms with E-state index in [4.69, 9.17) is 19.9 Å². The highest BCUT2D eigenvalue weighted by Gasteiger charge is 2.37. The standard InChI is InChI=1S/C19H32N2O5S.C18H29N5O8.C8H10O.2C4H10.C3H8.C2H6/c1-4-5-8-15(27-3)11-18(24)26-13-16(22)14(2)19(25)20-12-17(23)21-9-6-7-10-21;1-11(25)17(29)23-6-4-5-13(23)18(30)22(3)7-14(26)20-12(16(19)28)9-31-15(27)8-21(2)10-24;1-7-3-5-8(9-2)6-4-7;2*1-4(2)3;1-3-2;1-2/h14-15H,4-13H2,1-3H3,(H,20,25);10-13,25H,4-9H2,1-3H3,(H2,19,28)(H,20,26);3-6H,1-2H3;2*4H,1-3H3;3H2,1-2H3;1-2H3/t14-,15?;;;;;;/m0....../s1. The smallest absolute Gasteiger partial charge is 0.325 e. The normalized spacial score (nSPS) is 14.3. The first-order valence-corrected chi connectivity index (χ1v) is 29.4. The molecule has 0 aromatic heterocycles. The molecule has 462 valence electrons. The summed E-state index contributed by atoms with van der Waals surface area (Å²) in [6, 6.07) is 5.84. The molecule has 0 bridgehead atoms. The Morgan fingerprint density at radius 2 is 1.38 bits per heavy atom. The lowest BCUT2D eigenvalue weighted by Gasteiger charge is -2.28. The summed E-state index contributed by atoms with van der Waals surface area (Å²) in [6.07, 6.45) is 8.64. The Kier molecular flexibility index (Phi) is 49.5. The summed E-state index contributed by atoms with van der Waals surface area (Å²) in [6.45, 7) is 28.1. The first-order valence-electron chi connectivity index (χ1n) is 28.1. The van der Waals surface area contributed by atoms with Gasteiger partial charge in [0.05, 0.1) is 32.5 Å². The van der Waals surface area contributed by atoms with Gasteiger partial charge < -0.3 is 55.3 Å². The lowest BCUT2D eigenvalue weighted by molar-refractivity contribution is -0.150. The number of hydrogen-bond acceptors (Lipinski definition) is 15. The average Bonchev–Trinajstić information content (AvgIpc) is 4.14. The maximum atomic E-state index is 12.7. The molecule has 80 heavy (non-hydrogen) atoms. The number of aliphatic hydroxyl groups excluding tert-OH is 1. The number of likely N-dealkylation sites (tertiary alicyclic amines) is 2. The van der Waals surface area contributed by atoms with Crippen LogP contribution in [0.25, 0.3) is 0 Å². The Morgan fingerprint density at radius 1 is 0.838 bits per heavy atom. The SMILES string of the molecule is CC.CC(C)C.CC(C)C.CC(O)C(=O)N1CCCC1C(=O)N(C)CC(=O)NC(COC(=O)CN(C)C=O)C(N)=O.CCC.CCCCC(CC(=O)OCC(=O)[C@H](C)C(=O)NCC(=O)N1CCCC1)SC.COc1ccc(C)cc1. The minimum atomic E-state index is -1.33. The number of hydrogen-bond donors (Lipinski definition) is 4. The number of aryl methyl sites for hydroxylation is 1. The number of carbonyl (C=O) groups is 10. The third-order valence-electron chi connectivity index (χ3n) is 10.6. The molecule has 2 saturated heterocycles. The number of carbonyl (C=O) groups excluding carboxylic acids is 10. The fraction of sp³-hybridized carbons (Fsp3) is 0.724. The molecule has 5 atom stereocenters. The second-order valence-corrected chi connectivity index (χ2v) is 21.5. The van der Waals surface area contributed by atoms with Crippen LogP contribution >= 0.6 is 11.8 Å². The molecule has 5 N–H and O–H groups in total. The summed E-state index contributed by atoms with van der Waals surface area (Å²) >= 11 is 1.62. The number of ketones is 1. The van der Waals surface area contributed by atoms with E-state index >= 15 is 0 Å². The lowest BCUT2D eigenvalue weighted by atomic mass is 10.1. The number of nitrogens with zero attached hydrogens (tertiary/aromatic N) is 4. The number of esters is 2. The molecule has 21 nitrogen and oxygen atoms in total. The Balaban J connectivity index is -0.000000527. The molecule has 0 radical (unpaired) electrons. The number of nitrogens with two attached hydrogens (primary N) is 1. The van der Waals surface area contributed by atoms with E-state index in [9.17, 15) is 53.1 Å². The van der Waals surface area contributed by atoms with E-state index in [1.165, 1.54) is 44.8 Å². The maximum Gasteiger partial charge on any atom is 0.325 e. The van der Waals surface area contributed by atoms with Crippen molar-refractivity contribution in [3.8, 4) is 5.75 Å². The lowest BCUT2D eigenvalue weighted by Crippen LogP contribution is -2.53. The fourth-order valence-electron chi connectivity index (χ4n) is 6.44. The van der Waals surface area contributed by atoms with Crippen molar-refractivity contribution in [1.82, 2.24) is 30.2 Å². The molecule has 0 saturated carbocycles. The predicted octanol–water partition coefficient (Wildman–Crippen LogP) is 5.97. The van der Waals surface area contributed by atoms with Crippen LogP contribution in [0.4, 0.5) is 0 Å². The van der Waals surface area contributed by atoms with E-state index in [0.717, 1.165) is 59.5 Å². The monoisotopic (exact) mass is 1160 g/mol. The van der Waals surface area contributed by atoms with E-state index in [0.29, 0.717) is 38.9 Å². The zero-order valence-corrected chi connectivity index (χ0v) is 52.8. The summed E-state index contributed by atoms with van der Waals surface area (Å²) in [4.78, 5) is 124. The minimum Gasteiger partial charge on any atom is -0.497 e. The highest BCUT2D eigenvalue weighted by atomic mass is 32.2. The van der Waals surface area contributed by atoms with Gasteiger partial charge >= 0.3 is 11.9 Å². The van der Waals surface area contributed by atoms with Gasteiger partial charge in [-0.3, -0.25) is 47.9 Å². The maximum absolute atomic E-state index is 12.7. The van der Waals surface area contributed by atoms with Gasteiger partial charge in [-0.2, -0.15) is 11.8 Å². The number of methoxy groups -OCH3 is 1. The van der Waals surface area contributed by atoms with E-state index in [2.05, 4.69) is 79.9 Å². The molecular weight excluding hydrogens is 1050 g/mol. The van der Waals surface area contributed by atoms with Crippen LogP contribution < -0.4 is 21.1 Å². The molecule has 1 aromatic carbocycles. The fourth-order valence-corrected chi connectivity index (χ4v) is 7.15. The first kappa shape index (κ1) is 80.7. The Hall–Kier alpha value is -5.77. The number of Topliss-reactive ketones (excluding diaryl/α,β-unsaturated/α-hetero) is 1. The van der Waals surface area contributed by atoms with Gasteiger partial charge in [0.1, 0.15) is 37.1 Å². The van der Waals surface area contributed by atoms with Gasteiger partial charge in [0.15, 0.2) is 12.4 Å². The van der Waals surface area contributed by atoms with Crippen molar-refractivity contribution in [2.24, 2.45) is 23.5 Å². The molecule has 22 heteroatoms. The number of rotatable bonds is 24. The largest absolute Gasteiger partial charge is 0.497 e. The van der Waals surface area contributed by atoms with Crippen molar-refractivity contribution in [2.75, 3.05) is 79.9 Å². The van der Waals surface area contributed by atoms with Gasteiger partial charge in [0.25, 0.3) is 5.91 Å². The number of unbranched alkanes of at least 4 members (excludes halogenated alkanes) is 1. The topological polar surface area (TPSA) is 282 Å². The van der Waals surface area contributed by atoms with Crippen LogP contribution in [0.1, 0.15) is 153 Å². The Morgan fingerprint density at radius 3 is 1.84 bits per heavy atom. The van der Waals surface area contributed by atoms with Gasteiger partial charge in [0, 0.05) is 39.0 Å². The molecule has 0 aliphatic carbocycles. The van der Waals surface area contributed by atoms with Crippen LogP contribution in [0.2, 0.25) is 0 Å². The summed E-state index contributed by atoms with van der Waals surface area (Å²) in [5, 5.41) is 14.5. The summed E-state index contributed by atoms with van der Waals surface area (Å²) in [7, 11) is 4.39. The molecule has 4 unspecified atom stereocenters. The molecule has 2 aliphatic heterocycles. The van der Waals surface area contributed by atoms with Crippen LogP contribution in [0, 0.1) is 24.7 Å². The number of amides is 7. The predicted molar refractivity (Wildman–Crippen MR) is 316 cm³/mol. The average molecular weight is 1160 g/mol. The zero-order valence-electron chi connectivity index (χ0n) is 52.0. The van der Waals surface area contributed by atoms with E-state index in [-0.39, 0.29) is 30.7 Å².